The fraction of sp³-hybridized carbons (Fsp3) is 0. The molecule has 98 valence electrons. The molecule has 0 saturated heterocycles. The number of hydrazine groups is 1. The van der Waals surface area contributed by atoms with Gasteiger partial charge in [0.15, 0.2) is 0 Å². The first kappa shape index (κ1) is 12.3. The van der Waals surface area contributed by atoms with Crippen LogP contribution >= 0.6 is 0 Å². The standard InChI is InChI=1S/C15H12N4O/c16-19-15(20)14-7-11-6-13(10-4-2-1-3-5-10)17-8-12(11)9-18-14/h1-9H,16H2,(H,19,20). The van der Waals surface area contributed by atoms with Gasteiger partial charge < -0.3 is 0 Å². The van der Waals surface area contributed by atoms with Crippen molar-refractivity contribution in [1.29, 1.82) is 0 Å². The van der Waals surface area contributed by atoms with Gasteiger partial charge in [0, 0.05) is 23.3 Å². The van der Waals surface area contributed by atoms with Crippen molar-refractivity contribution in [3.05, 3.63) is 60.6 Å². The summed E-state index contributed by atoms with van der Waals surface area (Å²) in [6.45, 7) is 0. The topological polar surface area (TPSA) is 80.9 Å². The zero-order valence-electron chi connectivity index (χ0n) is 10.6. The molecule has 0 aliphatic carbocycles. The molecule has 0 saturated carbocycles. The van der Waals surface area contributed by atoms with Gasteiger partial charge in [-0.3, -0.25) is 20.2 Å². The van der Waals surface area contributed by atoms with Crippen LogP contribution in [0.2, 0.25) is 0 Å². The van der Waals surface area contributed by atoms with Crippen molar-refractivity contribution >= 4 is 16.7 Å². The lowest BCUT2D eigenvalue weighted by atomic mass is 10.1. The quantitative estimate of drug-likeness (QED) is 0.421. The molecule has 0 aliphatic heterocycles. The summed E-state index contributed by atoms with van der Waals surface area (Å²) in [4.78, 5) is 20.0. The highest BCUT2D eigenvalue weighted by Crippen LogP contribution is 2.21. The number of nitrogen functional groups attached to an aromatic ring is 1. The molecule has 3 aromatic rings. The summed E-state index contributed by atoms with van der Waals surface area (Å²) < 4.78 is 0. The Labute approximate surface area is 115 Å². The molecule has 5 nitrogen and oxygen atoms in total. The molecule has 5 heteroatoms. The third-order valence-electron chi connectivity index (χ3n) is 3.04. The van der Waals surface area contributed by atoms with Crippen molar-refractivity contribution in [3.63, 3.8) is 0 Å². The van der Waals surface area contributed by atoms with E-state index in [9.17, 15) is 4.79 Å². The Morgan fingerprint density at radius 3 is 2.50 bits per heavy atom. The van der Waals surface area contributed by atoms with Crippen molar-refractivity contribution in [2.24, 2.45) is 5.84 Å². The number of nitrogens with two attached hydrogens (primary N) is 1. The summed E-state index contributed by atoms with van der Waals surface area (Å²) in [7, 11) is 0. The van der Waals surface area contributed by atoms with Crippen molar-refractivity contribution in [2.75, 3.05) is 0 Å². The molecule has 0 radical (unpaired) electrons. The second kappa shape index (κ2) is 5.07. The van der Waals surface area contributed by atoms with Crippen molar-refractivity contribution in [1.82, 2.24) is 15.4 Å². The summed E-state index contributed by atoms with van der Waals surface area (Å²) in [5.41, 5.74) is 4.23. The zero-order chi connectivity index (χ0) is 13.9. The lowest BCUT2D eigenvalue weighted by molar-refractivity contribution is 0.0949. The number of nitrogens with zero attached hydrogens (tertiary/aromatic N) is 2. The normalized spacial score (nSPS) is 10.4. The van der Waals surface area contributed by atoms with Gasteiger partial charge in [0.05, 0.1) is 5.69 Å². The summed E-state index contributed by atoms with van der Waals surface area (Å²) in [6, 6.07) is 13.5. The minimum Gasteiger partial charge on any atom is -0.289 e. The van der Waals surface area contributed by atoms with Gasteiger partial charge in [0.2, 0.25) is 0 Å². The number of amides is 1. The molecule has 3 rings (SSSR count). The predicted octanol–water partition coefficient (Wildman–Crippen LogP) is 1.90. The maximum Gasteiger partial charge on any atom is 0.283 e. The van der Waals surface area contributed by atoms with Gasteiger partial charge in [0.1, 0.15) is 5.69 Å². The molecule has 2 aromatic heterocycles. The molecule has 1 aromatic carbocycles. The van der Waals surface area contributed by atoms with Gasteiger partial charge in [-0.25, -0.2) is 5.84 Å². The minimum absolute atomic E-state index is 0.283. The van der Waals surface area contributed by atoms with Crippen molar-refractivity contribution in [2.45, 2.75) is 0 Å². The molecular formula is C15H12N4O. The Morgan fingerprint density at radius 2 is 1.75 bits per heavy atom. The van der Waals surface area contributed by atoms with Gasteiger partial charge >= 0.3 is 0 Å². The van der Waals surface area contributed by atoms with Gasteiger partial charge in [-0.1, -0.05) is 30.3 Å². The van der Waals surface area contributed by atoms with E-state index in [1.54, 1.807) is 18.5 Å². The van der Waals surface area contributed by atoms with Crippen LogP contribution in [0.4, 0.5) is 0 Å². The van der Waals surface area contributed by atoms with Crippen LogP contribution in [-0.4, -0.2) is 15.9 Å². The van der Waals surface area contributed by atoms with Crippen LogP contribution in [0.3, 0.4) is 0 Å². The Morgan fingerprint density at radius 1 is 1.00 bits per heavy atom. The second-order valence-electron chi connectivity index (χ2n) is 4.33. The number of carbonyl (C=O) groups excluding carboxylic acids is 1. The van der Waals surface area contributed by atoms with Crippen molar-refractivity contribution < 1.29 is 4.79 Å². The van der Waals surface area contributed by atoms with Gasteiger partial charge in [-0.05, 0) is 17.5 Å². The first-order valence-corrected chi connectivity index (χ1v) is 6.10. The first-order chi connectivity index (χ1) is 9.78. The summed E-state index contributed by atoms with van der Waals surface area (Å²) in [5, 5.41) is 1.77. The van der Waals surface area contributed by atoms with Crippen LogP contribution in [0.25, 0.3) is 22.0 Å². The van der Waals surface area contributed by atoms with Crippen molar-refractivity contribution in [3.8, 4) is 11.3 Å². The van der Waals surface area contributed by atoms with Gasteiger partial charge in [0.25, 0.3) is 5.91 Å². The smallest absolute Gasteiger partial charge is 0.283 e. The maximum atomic E-state index is 11.5. The lowest BCUT2D eigenvalue weighted by Gasteiger charge is -2.04. The van der Waals surface area contributed by atoms with Crippen LogP contribution in [0.1, 0.15) is 10.5 Å². The van der Waals surface area contributed by atoms with Crippen LogP contribution in [0, 0.1) is 0 Å². The number of fused-ring (bicyclic) bond motifs is 1. The second-order valence-corrected chi connectivity index (χ2v) is 4.33. The fourth-order valence-electron chi connectivity index (χ4n) is 2.00. The zero-order valence-corrected chi connectivity index (χ0v) is 10.6. The highest BCUT2D eigenvalue weighted by molar-refractivity contribution is 5.96. The number of hydrogen-bond acceptors (Lipinski definition) is 4. The summed E-state index contributed by atoms with van der Waals surface area (Å²) in [5.74, 6) is 4.71. The Hall–Kier alpha value is -2.79. The van der Waals surface area contributed by atoms with E-state index in [0.717, 1.165) is 22.0 Å². The van der Waals surface area contributed by atoms with Crippen LogP contribution in [0.5, 0.6) is 0 Å². The highest BCUT2D eigenvalue weighted by Gasteiger charge is 2.07. The molecule has 0 unspecified atom stereocenters. The van der Waals surface area contributed by atoms with Crippen LogP contribution in [0.15, 0.2) is 54.9 Å². The fourth-order valence-corrected chi connectivity index (χ4v) is 2.00. The molecule has 0 spiro atoms. The molecule has 2 heterocycles. The van der Waals surface area contributed by atoms with Crippen LogP contribution < -0.4 is 11.3 Å². The average molecular weight is 264 g/mol. The van der Waals surface area contributed by atoms with E-state index in [1.807, 2.05) is 36.4 Å². The molecule has 0 aliphatic rings. The summed E-state index contributed by atoms with van der Waals surface area (Å²) in [6.07, 6.45) is 3.36. The lowest BCUT2D eigenvalue weighted by Crippen LogP contribution is -2.30. The number of hydrogen-bond donors (Lipinski definition) is 2. The largest absolute Gasteiger partial charge is 0.289 e. The number of pyridine rings is 2. The first-order valence-electron chi connectivity index (χ1n) is 6.10. The molecule has 1 amide bonds. The number of aromatic nitrogens is 2. The monoisotopic (exact) mass is 264 g/mol. The Bertz CT molecular complexity index is 771. The predicted molar refractivity (Wildman–Crippen MR) is 76.6 cm³/mol. The SMILES string of the molecule is NNC(=O)c1cc2cc(-c3ccccc3)ncc2cn1. The van der Waals surface area contributed by atoms with Crippen LogP contribution in [-0.2, 0) is 0 Å². The average Bonchev–Trinajstić information content (AvgIpc) is 2.54. The van der Waals surface area contributed by atoms with E-state index < -0.39 is 5.91 Å². The number of benzene rings is 1. The van der Waals surface area contributed by atoms with E-state index in [-0.39, 0.29) is 5.69 Å². The number of nitrogens with one attached hydrogen (secondary N) is 1. The molecular weight excluding hydrogens is 252 g/mol. The van der Waals surface area contributed by atoms with E-state index in [1.165, 1.54) is 0 Å². The molecule has 20 heavy (non-hydrogen) atoms. The molecule has 0 atom stereocenters. The Kier molecular flexibility index (Phi) is 3.10. The van der Waals surface area contributed by atoms with E-state index in [2.05, 4.69) is 15.4 Å². The van der Waals surface area contributed by atoms with E-state index in [0.29, 0.717) is 0 Å². The van der Waals surface area contributed by atoms with Gasteiger partial charge in [-0.15, -0.1) is 0 Å². The third kappa shape index (κ3) is 2.22. The molecule has 0 fully saturated rings. The maximum absolute atomic E-state index is 11.5. The Balaban J connectivity index is 2.12. The molecule has 0 bridgehead atoms. The third-order valence-corrected chi connectivity index (χ3v) is 3.04. The highest BCUT2D eigenvalue weighted by atomic mass is 16.2. The molecule has 3 N–H and O–H groups in total. The number of rotatable bonds is 2. The van der Waals surface area contributed by atoms with E-state index >= 15 is 0 Å². The van der Waals surface area contributed by atoms with E-state index in [4.69, 9.17) is 5.84 Å². The summed E-state index contributed by atoms with van der Waals surface area (Å²) >= 11 is 0. The number of carbonyl (C=O) groups is 1. The minimum atomic E-state index is -0.412. The van der Waals surface area contributed by atoms with Gasteiger partial charge in [-0.2, -0.15) is 0 Å².